The van der Waals surface area contributed by atoms with Gasteiger partial charge in [0, 0.05) is 51.1 Å². The van der Waals surface area contributed by atoms with Crippen molar-refractivity contribution in [2.24, 2.45) is 5.10 Å². The second-order valence-electron chi connectivity index (χ2n) is 7.83. The van der Waals surface area contributed by atoms with Gasteiger partial charge in [-0.15, -0.1) is 5.10 Å². The lowest BCUT2D eigenvalue weighted by Crippen LogP contribution is -2.52. The number of anilines is 1. The van der Waals surface area contributed by atoms with Crippen LogP contribution in [0.1, 0.15) is 23.9 Å². The summed E-state index contributed by atoms with van der Waals surface area (Å²) in [6.07, 6.45) is -1.33. The fourth-order valence-electron chi connectivity index (χ4n) is 3.96. The molecule has 2 aliphatic rings. The highest BCUT2D eigenvalue weighted by Crippen LogP contribution is 2.30. The highest BCUT2D eigenvalue weighted by atomic mass is 19.4. The molecule has 11 nitrogen and oxygen atoms in total. The van der Waals surface area contributed by atoms with Gasteiger partial charge in [0.05, 0.1) is 6.04 Å². The van der Waals surface area contributed by atoms with Crippen molar-refractivity contribution in [2.75, 3.05) is 31.1 Å². The Hall–Kier alpha value is -4.17. The Labute approximate surface area is 195 Å². The predicted octanol–water partition coefficient (Wildman–Crippen LogP) is 2.29. The Bertz CT molecular complexity index is 1250. The Balaban J connectivity index is 1.26. The second-order valence-corrected chi connectivity index (χ2v) is 7.83. The third-order valence-corrected chi connectivity index (χ3v) is 5.66. The number of hydrogen-bond donors (Lipinski definition) is 0. The molecule has 0 saturated carbocycles. The number of tetrazole rings is 1. The summed E-state index contributed by atoms with van der Waals surface area (Å²) < 4.78 is 53.6. The number of alkyl halides is 3. The van der Waals surface area contributed by atoms with Gasteiger partial charge in [0.25, 0.3) is 5.82 Å². The van der Waals surface area contributed by atoms with Crippen LogP contribution in [-0.2, 0) is 6.18 Å². The van der Waals surface area contributed by atoms with Crippen LogP contribution in [0.15, 0.2) is 41.6 Å². The van der Waals surface area contributed by atoms with Crippen LogP contribution in [0.25, 0.3) is 5.82 Å². The molecule has 1 aromatic carbocycles. The molecule has 35 heavy (non-hydrogen) atoms. The van der Waals surface area contributed by atoms with E-state index in [4.69, 9.17) is 0 Å². The van der Waals surface area contributed by atoms with E-state index in [0.29, 0.717) is 42.8 Å². The van der Waals surface area contributed by atoms with Crippen LogP contribution in [0.3, 0.4) is 0 Å². The molecular formula is C20H18F4N10O. The number of carbonyl (C=O) groups is 1. The van der Waals surface area contributed by atoms with Gasteiger partial charge in [-0.2, -0.15) is 27.9 Å². The summed E-state index contributed by atoms with van der Waals surface area (Å²) in [7, 11) is 0. The number of nitrogens with zero attached hydrogens (tertiary/aromatic N) is 10. The molecule has 0 aliphatic carbocycles. The van der Waals surface area contributed by atoms with Crippen molar-refractivity contribution in [1.82, 2.24) is 40.1 Å². The maximum absolute atomic E-state index is 13.7. The van der Waals surface area contributed by atoms with E-state index in [1.807, 2.05) is 0 Å². The summed E-state index contributed by atoms with van der Waals surface area (Å²) in [4.78, 5) is 24.8. The first kappa shape index (κ1) is 22.6. The molecule has 0 radical (unpaired) electrons. The molecule has 0 spiro atoms. The van der Waals surface area contributed by atoms with Crippen LogP contribution in [-0.4, -0.2) is 78.5 Å². The molecule has 1 fully saturated rings. The average molecular weight is 490 g/mol. The molecule has 15 heteroatoms. The van der Waals surface area contributed by atoms with Crippen molar-refractivity contribution in [1.29, 1.82) is 0 Å². The molecule has 1 atom stereocenters. The van der Waals surface area contributed by atoms with Crippen molar-refractivity contribution in [3.05, 3.63) is 53.7 Å². The van der Waals surface area contributed by atoms with E-state index in [-0.39, 0.29) is 23.6 Å². The number of piperazine rings is 1. The zero-order valence-electron chi connectivity index (χ0n) is 18.0. The lowest BCUT2D eigenvalue weighted by atomic mass is 10.0. The molecular weight excluding hydrogens is 472 g/mol. The number of aromatic nitrogens is 6. The summed E-state index contributed by atoms with van der Waals surface area (Å²) in [5.74, 6) is -1.62. The van der Waals surface area contributed by atoms with Crippen molar-refractivity contribution in [2.45, 2.75) is 18.6 Å². The van der Waals surface area contributed by atoms with Gasteiger partial charge in [0.1, 0.15) is 5.82 Å². The number of amides is 2. The molecule has 3 aromatic rings. The number of urea groups is 1. The molecule has 5 rings (SSSR count). The van der Waals surface area contributed by atoms with Crippen molar-refractivity contribution in [3.8, 4) is 5.82 Å². The zero-order chi connectivity index (χ0) is 24.6. The monoisotopic (exact) mass is 490 g/mol. The second kappa shape index (κ2) is 8.88. The molecule has 4 heterocycles. The maximum Gasteiger partial charge on any atom is 0.453 e. The highest BCUT2D eigenvalue weighted by Gasteiger charge is 2.39. The standard InChI is InChI=1S/C20H18F4N10O/c21-14-3-1-2-13(12-14)15-4-7-26-33(15)19(35)32-10-8-31(9-11-32)18-25-6-5-16(27-18)34-17(20(22,23)24)28-29-30-34/h1-3,5-7,12,15H,4,8-11H2. The summed E-state index contributed by atoms with van der Waals surface area (Å²) >= 11 is 0. The first-order valence-corrected chi connectivity index (χ1v) is 10.6. The Morgan fingerprint density at radius 2 is 1.89 bits per heavy atom. The normalized spacial score (nSPS) is 18.4. The van der Waals surface area contributed by atoms with Gasteiger partial charge in [0.15, 0.2) is 5.82 Å². The van der Waals surface area contributed by atoms with E-state index < -0.39 is 18.0 Å². The van der Waals surface area contributed by atoms with Crippen LogP contribution in [0, 0.1) is 5.82 Å². The fourth-order valence-corrected chi connectivity index (χ4v) is 3.96. The average Bonchev–Trinajstić information content (AvgIpc) is 3.54. The molecule has 0 bridgehead atoms. The lowest BCUT2D eigenvalue weighted by Gasteiger charge is -2.37. The van der Waals surface area contributed by atoms with Crippen LogP contribution in [0.5, 0.6) is 0 Å². The number of hydrogen-bond acceptors (Lipinski definition) is 8. The molecule has 1 unspecified atom stereocenters. The van der Waals surface area contributed by atoms with E-state index in [1.54, 1.807) is 28.1 Å². The summed E-state index contributed by atoms with van der Waals surface area (Å²) in [6.45, 7) is 1.32. The Morgan fingerprint density at radius 1 is 1.09 bits per heavy atom. The van der Waals surface area contributed by atoms with Gasteiger partial charge in [0.2, 0.25) is 5.95 Å². The lowest BCUT2D eigenvalue weighted by molar-refractivity contribution is -0.146. The van der Waals surface area contributed by atoms with E-state index in [0.717, 1.165) is 0 Å². The van der Waals surface area contributed by atoms with Gasteiger partial charge >= 0.3 is 12.2 Å². The number of hydrazone groups is 1. The van der Waals surface area contributed by atoms with E-state index >= 15 is 0 Å². The van der Waals surface area contributed by atoms with Gasteiger partial charge in [-0.05, 0) is 28.1 Å². The first-order chi connectivity index (χ1) is 16.8. The van der Waals surface area contributed by atoms with Crippen LogP contribution < -0.4 is 4.90 Å². The molecule has 1 saturated heterocycles. The minimum atomic E-state index is -4.75. The smallest absolute Gasteiger partial charge is 0.337 e. The molecule has 2 aromatic heterocycles. The number of halogens is 4. The van der Waals surface area contributed by atoms with Crippen molar-refractivity contribution < 1.29 is 22.4 Å². The van der Waals surface area contributed by atoms with Gasteiger partial charge in [-0.25, -0.2) is 19.2 Å². The molecule has 0 N–H and O–H groups in total. The molecule has 2 aliphatic heterocycles. The maximum atomic E-state index is 13.7. The summed E-state index contributed by atoms with van der Waals surface area (Å²) in [5, 5.41) is 15.0. The Morgan fingerprint density at radius 3 is 2.63 bits per heavy atom. The quantitative estimate of drug-likeness (QED) is 0.519. The minimum Gasteiger partial charge on any atom is -0.337 e. The van der Waals surface area contributed by atoms with Gasteiger partial charge in [-0.1, -0.05) is 12.1 Å². The number of rotatable bonds is 3. The summed E-state index contributed by atoms with van der Waals surface area (Å²) in [6, 6.07) is 6.63. The molecule has 2 amide bonds. The van der Waals surface area contributed by atoms with Crippen LogP contribution in [0.2, 0.25) is 0 Å². The highest BCUT2D eigenvalue weighted by molar-refractivity contribution is 5.78. The van der Waals surface area contributed by atoms with Crippen molar-refractivity contribution >= 4 is 18.2 Å². The van der Waals surface area contributed by atoms with Crippen molar-refractivity contribution in [3.63, 3.8) is 0 Å². The molecule has 182 valence electrons. The third-order valence-electron chi connectivity index (χ3n) is 5.66. The number of benzene rings is 1. The van der Waals surface area contributed by atoms with Crippen LogP contribution in [0.4, 0.5) is 28.3 Å². The summed E-state index contributed by atoms with van der Waals surface area (Å²) in [5.41, 5.74) is 0.653. The largest absolute Gasteiger partial charge is 0.453 e. The van der Waals surface area contributed by atoms with E-state index in [2.05, 4.69) is 30.6 Å². The van der Waals surface area contributed by atoms with E-state index in [9.17, 15) is 22.4 Å². The van der Waals surface area contributed by atoms with E-state index in [1.165, 1.54) is 29.4 Å². The SMILES string of the molecule is O=C(N1CCN(c2nccc(-n3nnnc3C(F)(F)F)n2)CC1)N1N=CCC1c1cccc(F)c1. The number of carbonyl (C=O) groups excluding carboxylic acids is 1. The topological polar surface area (TPSA) is 109 Å². The van der Waals surface area contributed by atoms with Crippen LogP contribution >= 0.6 is 0 Å². The Kier molecular flexibility index (Phi) is 5.74. The predicted molar refractivity (Wildman–Crippen MR) is 113 cm³/mol. The third kappa shape index (κ3) is 4.48. The minimum absolute atomic E-state index is 0.129. The van der Waals surface area contributed by atoms with Gasteiger partial charge in [-0.3, -0.25) is 0 Å². The first-order valence-electron chi connectivity index (χ1n) is 10.6. The fraction of sp³-hybridized carbons (Fsp3) is 0.350. The zero-order valence-corrected chi connectivity index (χ0v) is 18.0. The van der Waals surface area contributed by atoms with Gasteiger partial charge < -0.3 is 9.80 Å².